The van der Waals surface area contributed by atoms with E-state index in [0.717, 1.165) is 6.54 Å². The third-order valence-corrected chi connectivity index (χ3v) is 5.29. The monoisotopic (exact) mass is 362 g/mol. The lowest BCUT2D eigenvalue weighted by Gasteiger charge is -2.49. The number of nitrogens with one attached hydrogen (secondary N) is 2. The first-order valence-corrected chi connectivity index (χ1v) is 9.39. The summed E-state index contributed by atoms with van der Waals surface area (Å²) in [5.74, 6) is -0.676. The van der Waals surface area contributed by atoms with Crippen molar-refractivity contribution in [2.45, 2.75) is 51.6 Å². The number of nitrogens with zero attached hydrogens (tertiary/aromatic N) is 2. The lowest BCUT2D eigenvalue weighted by molar-refractivity contribution is -0.115. The SMILES string of the molecule is CCC(=O)Nc1ccc(F)c(NC(=O)N2CC(N3CCCC[C@H]3C)C2)c1. The van der Waals surface area contributed by atoms with E-state index in [2.05, 4.69) is 22.5 Å². The van der Waals surface area contributed by atoms with Gasteiger partial charge in [0.1, 0.15) is 5.82 Å². The van der Waals surface area contributed by atoms with E-state index in [1.165, 1.54) is 37.5 Å². The largest absolute Gasteiger partial charge is 0.326 e. The Bertz CT molecular complexity index is 676. The Hall–Kier alpha value is -2.15. The van der Waals surface area contributed by atoms with Crippen LogP contribution in [0.25, 0.3) is 0 Å². The number of carbonyl (C=O) groups excluding carboxylic acids is 2. The number of likely N-dealkylation sites (tertiary alicyclic amines) is 2. The van der Waals surface area contributed by atoms with Crippen molar-refractivity contribution in [3.8, 4) is 0 Å². The highest BCUT2D eigenvalue weighted by molar-refractivity contribution is 5.93. The van der Waals surface area contributed by atoms with E-state index in [1.54, 1.807) is 11.8 Å². The van der Waals surface area contributed by atoms with Gasteiger partial charge in [-0.25, -0.2) is 9.18 Å². The normalized spacial score (nSPS) is 21.2. The van der Waals surface area contributed by atoms with Crippen LogP contribution in [0.2, 0.25) is 0 Å². The van der Waals surface area contributed by atoms with Crippen LogP contribution in [0.1, 0.15) is 39.5 Å². The van der Waals surface area contributed by atoms with Gasteiger partial charge < -0.3 is 15.5 Å². The maximum Gasteiger partial charge on any atom is 0.322 e. The number of benzene rings is 1. The van der Waals surface area contributed by atoms with Crippen molar-refractivity contribution in [3.63, 3.8) is 0 Å². The van der Waals surface area contributed by atoms with Crippen LogP contribution in [-0.2, 0) is 4.79 Å². The molecule has 0 aromatic heterocycles. The van der Waals surface area contributed by atoms with Gasteiger partial charge in [0.2, 0.25) is 5.91 Å². The summed E-state index contributed by atoms with van der Waals surface area (Å²) in [5, 5.41) is 5.29. The first kappa shape index (κ1) is 18.6. The van der Waals surface area contributed by atoms with Gasteiger partial charge in [-0.05, 0) is 44.5 Å². The summed E-state index contributed by atoms with van der Waals surface area (Å²) < 4.78 is 14.0. The molecule has 2 aliphatic rings. The second-order valence-corrected chi connectivity index (χ2v) is 7.17. The fraction of sp³-hybridized carbons (Fsp3) is 0.579. The zero-order chi connectivity index (χ0) is 18.7. The van der Waals surface area contributed by atoms with Crippen LogP contribution in [0, 0.1) is 5.82 Å². The molecule has 2 saturated heterocycles. The third-order valence-electron chi connectivity index (χ3n) is 5.29. The number of amides is 3. The predicted octanol–water partition coefficient (Wildman–Crippen LogP) is 3.26. The van der Waals surface area contributed by atoms with Gasteiger partial charge in [0, 0.05) is 37.3 Å². The molecule has 0 saturated carbocycles. The van der Waals surface area contributed by atoms with E-state index in [1.807, 2.05) is 0 Å². The van der Waals surface area contributed by atoms with Crippen LogP contribution in [-0.4, -0.2) is 53.5 Å². The van der Waals surface area contributed by atoms with Crippen molar-refractivity contribution in [2.24, 2.45) is 0 Å². The van der Waals surface area contributed by atoms with E-state index in [0.29, 0.717) is 37.3 Å². The second-order valence-electron chi connectivity index (χ2n) is 7.17. The highest BCUT2D eigenvalue weighted by Crippen LogP contribution is 2.26. The summed E-state index contributed by atoms with van der Waals surface area (Å²) in [5.41, 5.74) is 0.552. The van der Waals surface area contributed by atoms with Crippen molar-refractivity contribution in [3.05, 3.63) is 24.0 Å². The van der Waals surface area contributed by atoms with Gasteiger partial charge >= 0.3 is 6.03 Å². The first-order valence-electron chi connectivity index (χ1n) is 9.39. The number of hydrogen-bond donors (Lipinski definition) is 2. The molecule has 142 valence electrons. The lowest BCUT2D eigenvalue weighted by atomic mass is 9.98. The molecular weight excluding hydrogens is 335 g/mol. The quantitative estimate of drug-likeness (QED) is 0.864. The Balaban J connectivity index is 1.55. The molecule has 0 aliphatic carbocycles. The molecule has 3 amide bonds. The van der Waals surface area contributed by atoms with Crippen LogP contribution in [0.3, 0.4) is 0 Å². The molecule has 2 heterocycles. The highest BCUT2D eigenvalue weighted by Gasteiger charge is 2.37. The number of halogens is 1. The van der Waals surface area contributed by atoms with Crippen LogP contribution in [0.4, 0.5) is 20.6 Å². The third kappa shape index (κ3) is 4.15. The molecule has 26 heavy (non-hydrogen) atoms. The van der Waals surface area contributed by atoms with Gasteiger partial charge in [0.05, 0.1) is 5.69 Å². The van der Waals surface area contributed by atoms with Gasteiger partial charge in [-0.15, -0.1) is 0 Å². The Kier molecular flexibility index (Phi) is 5.76. The van der Waals surface area contributed by atoms with E-state index in [9.17, 15) is 14.0 Å². The fourth-order valence-corrected chi connectivity index (χ4v) is 3.64. The average molecular weight is 362 g/mol. The van der Waals surface area contributed by atoms with E-state index >= 15 is 0 Å². The molecule has 2 N–H and O–H groups in total. The number of hydrogen-bond acceptors (Lipinski definition) is 3. The minimum absolute atomic E-state index is 0.0821. The molecule has 0 spiro atoms. The van der Waals surface area contributed by atoms with Crippen molar-refractivity contribution in [2.75, 3.05) is 30.3 Å². The zero-order valence-corrected chi connectivity index (χ0v) is 15.4. The van der Waals surface area contributed by atoms with E-state index in [-0.39, 0.29) is 17.6 Å². The Morgan fingerprint density at radius 1 is 1.23 bits per heavy atom. The van der Waals surface area contributed by atoms with Crippen molar-refractivity contribution < 1.29 is 14.0 Å². The van der Waals surface area contributed by atoms with Crippen molar-refractivity contribution in [1.82, 2.24) is 9.80 Å². The predicted molar refractivity (Wildman–Crippen MR) is 99.7 cm³/mol. The number of urea groups is 1. The van der Waals surface area contributed by atoms with Gasteiger partial charge in [-0.1, -0.05) is 13.3 Å². The van der Waals surface area contributed by atoms with E-state index in [4.69, 9.17) is 0 Å². The Labute approximate surface area is 153 Å². The first-order chi connectivity index (χ1) is 12.5. The van der Waals surface area contributed by atoms with Gasteiger partial charge in [0.25, 0.3) is 0 Å². The summed E-state index contributed by atoms with van der Waals surface area (Å²) in [6.07, 6.45) is 4.04. The number of carbonyl (C=O) groups is 2. The Morgan fingerprint density at radius 2 is 2.00 bits per heavy atom. The molecule has 2 aliphatic heterocycles. The highest BCUT2D eigenvalue weighted by atomic mass is 19.1. The molecule has 1 aromatic rings. The number of anilines is 2. The van der Waals surface area contributed by atoms with Gasteiger partial charge in [0.15, 0.2) is 0 Å². The molecule has 0 unspecified atom stereocenters. The van der Waals surface area contributed by atoms with Crippen LogP contribution >= 0.6 is 0 Å². The molecule has 0 radical (unpaired) electrons. The Morgan fingerprint density at radius 3 is 2.69 bits per heavy atom. The maximum atomic E-state index is 14.0. The van der Waals surface area contributed by atoms with Crippen LogP contribution in [0.5, 0.6) is 0 Å². The van der Waals surface area contributed by atoms with Gasteiger partial charge in [-0.2, -0.15) is 0 Å². The maximum absolute atomic E-state index is 14.0. The fourth-order valence-electron chi connectivity index (χ4n) is 3.64. The molecule has 7 heteroatoms. The molecule has 2 fully saturated rings. The molecular formula is C19H27FN4O2. The molecule has 0 bridgehead atoms. The summed E-state index contributed by atoms with van der Waals surface area (Å²) >= 11 is 0. The van der Waals surface area contributed by atoms with Crippen LogP contribution in [0.15, 0.2) is 18.2 Å². The van der Waals surface area contributed by atoms with Crippen LogP contribution < -0.4 is 10.6 Å². The lowest BCUT2D eigenvalue weighted by Crippen LogP contribution is -2.64. The van der Waals surface area contributed by atoms with Crippen molar-refractivity contribution >= 4 is 23.3 Å². The summed E-state index contributed by atoms with van der Waals surface area (Å²) in [6.45, 7) is 6.42. The summed E-state index contributed by atoms with van der Waals surface area (Å²) in [6, 6.07) is 4.84. The molecule has 3 rings (SSSR count). The van der Waals surface area contributed by atoms with E-state index < -0.39 is 5.82 Å². The van der Waals surface area contributed by atoms with Gasteiger partial charge in [-0.3, -0.25) is 9.69 Å². The summed E-state index contributed by atoms with van der Waals surface area (Å²) in [7, 11) is 0. The smallest absolute Gasteiger partial charge is 0.322 e. The molecule has 1 atom stereocenters. The van der Waals surface area contributed by atoms with Crippen molar-refractivity contribution in [1.29, 1.82) is 0 Å². The zero-order valence-electron chi connectivity index (χ0n) is 15.4. The number of rotatable bonds is 4. The molecule has 1 aromatic carbocycles. The average Bonchev–Trinajstić information content (AvgIpc) is 2.58. The minimum Gasteiger partial charge on any atom is -0.326 e. The minimum atomic E-state index is -0.519. The second kappa shape index (κ2) is 8.03. The summed E-state index contributed by atoms with van der Waals surface area (Å²) in [4.78, 5) is 28.0. The number of piperidine rings is 1. The standard InChI is InChI=1S/C19H27FN4O2/c1-3-18(25)21-14-7-8-16(20)17(10-14)22-19(26)23-11-15(12-23)24-9-5-4-6-13(24)2/h7-8,10,13,15H,3-6,9,11-12H2,1-2H3,(H,21,25)(H,22,26)/t13-/m1/s1. The molecule has 6 nitrogen and oxygen atoms in total. The topological polar surface area (TPSA) is 64.7 Å².